The van der Waals surface area contributed by atoms with Crippen molar-refractivity contribution in [2.45, 2.75) is 6.92 Å². The Balaban J connectivity index is 1.85. The maximum absolute atomic E-state index is 11.8. The molecule has 1 amide bonds. The normalized spacial score (nSPS) is 16.3. The number of carbonyl (C=O) groups excluding carboxylic acids is 1. The highest BCUT2D eigenvalue weighted by molar-refractivity contribution is 9.11. The predicted molar refractivity (Wildman–Crippen MR) is 89.6 cm³/mol. The Morgan fingerprint density at radius 1 is 1.38 bits per heavy atom. The zero-order valence-electron chi connectivity index (χ0n) is 11.7. The van der Waals surface area contributed by atoms with E-state index in [-0.39, 0.29) is 5.91 Å². The van der Waals surface area contributed by atoms with Crippen molar-refractivity contribution < 1.29 is 9.53 Å². The number of carbonyl (C=O) groups is 1. The molecule has 0 bridgehead atoms. The Hall–Kier alpha value is -0.760. The minimum absolute atomic E-state index is 0.113. The summed E-state index contributed by atoms with van der Waals surface area (Å²) in [7, 11) is 0. The van der Waals surface area contributed by atoms with E-state index in [1.165, 1.54) is 0 Å². The number of hydrazone groups is 1. The van der Waals surface area contributed by atoms with E-state index in [2.05, 4.69) is 42.4 Å². The Bertz CT molecular complexity index is 520. The summed E-state index contributed by atoms with van der Waals surface area (Å²) in [4.78, 5) is 13.8. The van der Waals surface area contributed by atoms with Crippen LogP contribution in [-0.2, 0) is 9.53 Å². The monoisotopic (exact) mass is 417 g/mol. The maximum Gasteiger partial charge on any atom is 0.254 e. The second-order valence-electron chi connectivity index (χ2n) is 4.79. The fourth-order valence-electron chi connectivity index (χ4n) is 1.92. The Kier molecular flexibility index (Phi) is 6.35. The van der Waals surface area contributed by atoms with Gasteiger partial charge in [0.15, 0.2) is 0 Å². The molecule has 0 spiro atoms. The van der Waals surface area contributed by atoms with Gasteiger partial charge in [-0.2, -0.15) is 5.10 Å². The first-order valence-corrected chi connectivity index (χ1v) is 8.22. The van der Waals surface area contributed by atoms with Crippen molar-refractivity contribution in [2.24, 2.45) is 5.10 Å². The van der Waals surface area contributed by atoms with Crippen LogP contribution >= 0.6 is 31.9 Å². The first-order valence-electron chi connectivity index (χ1n) is 6.64. The zero-order chi connectivity index (χ0) is 15.2. The molecular weight excluding hydrogens is 402 g/mol. The number of halogens is 2. The van der Waals surface area contributed by atoms with E-state index in [1.54, 1.807) is 6.21 Å². The summed E-state index contributed by atoms with van der Waals surface area (Å²) in [6, 6.07) is 3.91. The molecule has 1 aromatic carbocycles. The van der Waals surface area contributed by atoms with Crippen LogP contribution in [0, 0.1) is 6.92 Å². The van der Waals surface area contributed by atoms with E-state index >= 15 is 0 Å². The van der Waals surface area contributed by atoms with Crippen molar-refractivity contribution >= 4 is 44.0 Å². The number of morpholine rings is 1. The lowest BCUT2D eigenvalue weighted by molar-refractivity contribution is -0.123. The summed E-state index contributed by atoms with van der Waals surface area (Å²) in [5.41, 5.74) is 4.59. The molecule has 114 valence electrons. The number of rotatable bonds is 4. The fraction of sp³-hybridized carbons (Fsp3) is 0.429. The number of nitrogens with one attached hydrogen (secondary N) is 1. The minimum Gasteiger partial charge on any atom is -0.379 e. The lowest BCUT2D eigenvalue weighted by Gasteiger charge is -2.25. The molecule has 0 aromatic heterocycles. The van der Waals surface area contributed by atoms with Gasteiger partial charge in [-0.25, -0.2) is 5.43 Å². The Morgan fingerprint density at radius 2 is 2.00 bits per heavy atom. The third-order valence-electron chi connectivity index (χ3n) is 3.18. The van der Waals surface area contributed by atoms with Gasteiger partial charge in [-0.05, 0) is 30.2 Å². The Labute approximate surface area is 141 Å². The number of benzene rings is 1. The van der Waals surface area contributed by atoms with Crippen LogP contribution in [0.5, 0.6) is 0 Å². The lowest BCUT2D eigenvalue weighted by atomic mass is 10.2. The molecule has 0 atom stereocenters. The molecule has 1 aromatic rings. The maximum atomic E-state index is 11.8. The molecule has 2 rings (SSSR count). The SMILES string of the molecule is Cc1c(Br)cc(/C=N/NC(=O)CN2CCOCC2)cc1Br. The minimum atomic E-state index is -0.113. The van der Waals surface area contributed by atoms with Crippen LogP contribution < -0.4 is 5.43 Å². The van der Waals surface area contributed by atoms with Crippen LogP contribution in [0.1, 0.15) is 11.1 Å². The van der Waals surface area contributed by atoms with Crippen LogP contribution in [0.15, 0.2) is 26.2 Å². The van der Waals surface area contributed by atoms with E-state index in [9.17, 15) is 4.79 Å². The number of hydrogen-bond donors (Lipinski definition) is 1. The second kappa shape index (κ2) is 8.03. The van der Waals surface area contributed by atoms with Gasteiger partial charge >= 0.3 is 0 Å². The quantitative estimate of drug-likeness (QED) is 0.602. The number of nitrogens with zero attached hydrogens (tertiary/aromatic N) is 2. The summed E-state index contributed by atoms with van der Waals surface area (Å²) in [5.74, 6) is -0.113. The summed E-state index contributed by atoms with van der Waals surface area (Å²) >= 11 is 6.97. The number of hydrogen-bond acceptors (Lipinski definition) is 4. The average molecular weight is 419 g/mol. The second-order valence-corrected chi connectivity index (χ2v) is 6.50. The van der Waals surface area contributed by atoms with E-state index in [1.807, 2.05) is 24.0 Å². The summed E-state index contributed by atoms with van der Waals surface area (Å²) in [5, 5.41) is 3.99. The first kappa shape index (κ1) is 16.6. The number of ether oxygens (including phenoxy) is 1. The molecule has 0 radical (unpaired) electrons. The molecule has 1 aliphatic rings. The molecule has 1 saturated heterocycles. The predicted octanol–water partition coefficient (Wildman–Crippen LogP) is 2.30. The lowest BCUT2D eigenvalue weighted by Crippen LogP contribution is -2.42. The van der Waals surface area contributed by atoms with Gasteiger partial charge in [-0.1, -0.05) is 31.9 Å². The topological polar surface area (TPSA) is 53.9 Å². The summed E-state index contributed by atoms with van der Waals surface area (Å²) < 4.78 is 7.24. The third kappa shape index (κ3) is 5.18. The van der Waals surface area contributed by atoms with Crippen molar-refractivity contribution in [1.82, 2.24) is 10.3 Å². The summed E-state index contributed by atoms with van der Waals surface area (Å²) in [6.45, 7) is 5.30. The average Bonchev–Trinajstić information content (AvgIpc) is 2.45. The van der Waals surface area contributed by atoms with Gasteiger partial charge in [0.1, 0.15) is 0 Å². The van der Waals surface area contributed by atoms with E-state index in [0.29, 0.717) is 19.8 Å². The van der Waals surface area contributed by atoms with Gasteiger partial charge in [0.05, 0.1) is 26.0 Å². The molecule has 5 nitrogen and oxygen atoms in total. The largest absolute Gasteiger partial charge is 0.379 e. The molecule has 0 saturated carbocycles. The smallest absolute Gasteiger partial charge is 0.254 e. The van der Waals surface area contributed by atoms with E-state index in [4.69, 9.17) is 4.74 Å². The van der Waals surface area contributed by atoms with Gasteiger partial charge in [0.2, 0.25) is 0 Å². The van der Waals surface area contributed by atoms with Crippen molar-refractivity contribution in [1.29, 1.82) is 0 Å². The van der Waals surface area contributed by atoms with Gasteiger partial charge in [-0.3, -0.25) is 9.69 Å². The van der Waals surface area contributed by atoms with Gasteiger partial charge in [0.25, 0.3) is 5.91 Å². The molecule has 1 heterocycles. The third-order valence-corrected chi connectivity index (χ3v) is 4.82. The van der Waals surface area contributed by atoms with Gasteiger partial charge in [0, 0.05) is 22.0 Å². The Morgan fingerprint density at radius 3 is 2.62 bits per heavy atom. The first-order chi connectivity index (χ1) is 10.1. The van der Waals surface area contributed by atoms with Crippen molar-refractivity contribution in [3.05, 3.63) is 32.2 Å². The van der Waals surface area contributed by atoms with Gasteiger partial charge in [-0.15, -0.1) is 0 Å². The van der Waals surface area contributed by atoms with Crippen LogP contribution in [0.2, 0.25) is 0 Å². The van der Waals surface area contributed by atoms with Crippen molar-refractivity contribution in [3.8, 4) is 0 Å². The molecular formula is C14H17Br2N3O2. The fourth-order valence-corrected chi connectivity index (χ4v) is 3.14. The van der Waals surface area contributed by atoms with Crippen LogP contribution in [-0.4, -0.2) is 49.9 Å². The van der Waals surface area contributed by atoms with E-state index < -0.39 is 0 Å². The highest BCUT2D eigenvalue weighted by Gasteiger charge is 2.13. The molecule has 0 aliphatic carbocycles. The molecule has 7 heteroatoms. The van der Waals surface area contributed by atoms with Crippen molar-refractivity contribution in [2.75, 3.05) is 32.8 Å². The zero-order valence-corrected chi connectivity index (χ0v) is 14.9. The van der Waals surface area contributed by atoms with Crippen LogP contribution in [0.3, 0.4) is 0 Å². The molecule has 1 N–H and O–H groups in total. The molecule has 1 fully saturated rings. The van der Waals surface area contributed by atoms with Crippen LogP contribution in [0.4, 0.5) is 0 Å². The highest BCUT2D eigenvalue weighted by Crippen LogP contribution is 2.25. The van der Waals surface area contributed by atoms with Crippen molar-refractivity contribution in [3.63, 3.8) is 0 Å². The summed E-state index contributed by atoms with van der Waals surface area (Å²) in [6.07, 6.45) is 1.63. The van der Waals surface area contributed by atoms with Gasteiger partial charge < -0.3 is 4.74 Å². The van der Waals surface area contributed by atoms with E-state index in [0.717, 1.165) is 33.2 Å². The number of amides is 1. The molecule has 0 unspecified atom stereocenters. The molecule has 1 aliphatic heterocycles. The standard InChI is InChI=1S/C14H17Br2N3O2/c1-10-12(15)6-11(7-13(10)16)8-17-18-14(20)9-19-2-4-21-5-3-19/h6-8H,2-5,9H2,1H3,(H,18,20)/b17-8+. The highest BCUT2D eigenvalue weighted by atomic mass is 79.9. The van der Waals surface area contributed by atoms with Crippen LogP contribution in [0.25, 0.3) is 0 Å². The molecule has 21 heavy (non-hydrogen) atoms.